The van der Waals surface area contributed by atoms with Crippen molar-refractivity contribution in [2.45, 2.75) is 6.54 Å². The van der Waals surface area contributed by atoms with Gasteiger partial charge in [-0.25, -0.2) is 4.98 Å². The number of hydrogen-bond donors (Lipinski definition) is 1. The Kier molecular flexibility index (Phi) is 4.61. The van der Waals surface area contributed by atoms with Gasteiger partial charge < -0.3 is 15.2 Å². The first kappa shape index (κ1) is 16.4. The Morgan fingerprint density at radius 1 is 1.12 bits per heavy atom. The molecule has 0 radical (unpaired) electrons. The summed E-state index contributed by atoms with van der Waals surface area (Å²) in [5.74, 6) is -0.588. The molecule has 2 N–H and O–H groups in total. The first-order valence-electron chi connectivity index (χ1n) is 7.77. The van der Waals surface area contributed by atoms with E-state index in [1.807, 2.05) is 35.0 Å². The molecule has 0 bridgehead atoms. The fourth-order valence-corrected chi connectivity index (χ4v) is 2.60. The molecule has 0 unspecified atom stereocenters. The largest absolute Gasteiger partial charge is 0.366 e. The number of benzene rings is 2. The number of carbonyl (C=O) groups excluding carboxylic acids is 2. The second kappa shape index (κ2) is 7.00. The zero-order chi connectivity index (χ0) is 17.8. The Bertz CT molecular complexity index is 903. The van der Waals surface area contributed by atoms with E-state index in [-0.39, 0.29) is 5.91 Å². The Labute approximate surface area is 145 Å². The number of aromatic nitrogens is 2. The Hall–Kier alpha value is -3.41. The van der Waals surface area contributed by atoms with E-state index in [0.717, 1.165) is 11.3 Å². The van der Waals surface area contributed by atoms with Crippen molar-refractivity contribution in [2.24, 2.45) is 5.73 Å². The highest BCUT2D eigenvalue weighted by Gasteiger charge is 2.13. The van der Waals surface area contributed by atoms with Gasteiger partial charge in [0.2, 0.25) is 5.91 Å². The molecule has 3 aromatic rings. The van der Waals surface area contributed by atoms with Gasteiger partial charge in [-0.15, -0.1) is 0 Å². The van der Waals surface area contributed by atoms with Crippen LogP contribution >= 0.6 is 0 Å². The minimum atomic E-state index is -0.483. The number of amides is 2. The topological polar surface area (TPSA) is 81.2 Å². The van der Waals surface area contributed by atoms with E-state index in [0.29, 0.717) is 17.7 Å². The van der Waals surface area contributed by atoms with Gasteiger partial charge in [0.25, 0.3) is 5.91 Å². The van der Waals surface area contributed by atoms with Gasteiger partial charge in [0.1, 0.15) is 0 Å². The third kappa shape index (κ3) is 3.74. The van der Waals surface area contributed by atoms with Crippen molar-refractivity contribution >= 4 is 11.8 Å². The van der Waals surface area contributed by atoms with E-state index in [1.165, 1.54) is 0 Å². The zero-order valence-electron chi connectivity index (χ0n) is 13.8. The van der Waals surface area contributed by atoms with Gasteiger partial charge in [-0.1, -0.05) is 18.2 Å². The van der Waals surface area contributed by atoms with Crippen LogP contribution in [0, 0.1) is 0 Å². The molecular weight excluding hydrogens is 316 g/mol. The van der Waals surface area contributed by atoms with Crippen molar-refractivity contribution in [1.29, 1.82) is 0 Å². The molecule has 1 heterocycles. The van der Waals surface area contributed by atoms with E-state index < -0.39 is 5.91 Å². The second-order valence-electron chi connectivity index (χ2n) is 5.75. The van der Waals surface area contributed by atoms with Crippen LogP contribution in [0.1, 0.15) is 26.3 Å². The summed E-state index contributed by atoms with van der Waals surface area (Å²) in [7, 11) is 1.73. The number of nitrogens with two attached hydrogens (primary N) is 1. The lowest BCUT2D eigenvalue weighted by atomic mass is 10.1. The molecule has 6 heteroatoms. The number of hydrogen-bond acceptors (Lipinski definition) is 3. The number of imidazole rings is 1. The summed E-state index contributed by atoms with van der Waals surface area (Å²) in [6, 6.07) is 14.3. The maximum Gasteiger partial charge on any atom is 0.253 e. The summed E-state index contributed by atoms with van der Waals surface area (Å²) in [6.45, 7) is 0.384. The van der Waals surface area contributed by atoms with Crippen LogP contribution in [0.5, 0.6) is 0 Å². The van der Waals surface area contributed by atoms with Crippen LogP contribution < -0.4 is 5.73 Å². The highest BCUT2D eigenvalue weighted by Crippen LogP contribution is 2.14. The molecule has 25 heavy (non-hydrogen) atoms. The van der Waals surface area contributed by atoms with Crippen molar-refractivity contribution in [3.05, 3.63) is 83.9 Å². The van der Waals surface area contributed by atoms with Crippen LogP contribution in [0.15, 0.2) is 67.3 Å². The first-order valence-corrected chi connectivity index (χ1v) is 7.77. The molecule has 126 valence electrons. The molecule has 0 atom stereocenters. The maximum absolute atomic E-state index is 12.7. The molecule has 2 amide bonds. The van der Waals surface area contributed by atoms with Gasteiger partial charge >= 0.3 is 0 Å². The van der Waals surface area contributed by atoms with Crippen molar-refractivity contribution in [3.63, 3.8) is 0 Å². The molecule has 0 saturated heterocycles. The van der Waals surface area contributed by atoms with E-state index in [4.69, 9.17) is 5.73 Å². The smallest absolute Gasteiger partial charge is 0.253 e. The van der Waals surface area contributed by atoms with Crippen molar-refractivity contribution in [2.75, 3.05) is 7.05 Å². The lowest BCUT2D eigenvalue weighted by Crippen LogP contribution is -2.26. The molecule has 0 aliphatic heterocycles. The highest BCUT2D eigenvalue weighted by molar-refractivity contribution is 5.95. The van der Waals surface area contributed by atoms with Crippen molar-refractivity contribution in [3.8, 4) is 5.69 Å². The average Bonchev–Trinajstić information content (AvgIpc) is 3.16. The average molecular weight is 334 g/mol. The molecule has 1 aromatic heterocycles. The molecular formula is C19H18N4O2. The summed E-state index contributed by atoms with van der Waals surface area (Å²) in [6.07, 6.45) is 5.19. The SMILES string of the molecule is CN(Cc1cccc(C(N)=O)c1)C(=O)c1cccc(-n2ccnc2)c1. The Balaban J connectivity index is 1.78. The summed E-state index contributed by atoms with van der Waals surface area (Å²) < 4.78 is 1.84. The molecule has 6 nitrogen and oxygen atoms in total. The van der Waals surface area contributed by atoms with Crippen LogP contribution in [-0.2, 0) is 6.54 Å². The quantitative estimate of drug-likeness (QED) is 0.777. The van der Waals surface area contributed by atoms with Crippen LogP contribution in [0.2, 0.25) is 0 Å². The lowest BCUT2D eigenvalue weighted by molar-refractivity contribution is 0.0785. The summed E-state index contributed by atoms with van der Waals surface area (Å²) in [4.78, 5) is 29.6. The van der Waals surface area contributed by atoms with Crippen LogP contribution in [0.4, 0.5) is 0 Å². The predicted octanol–water partition coefficient (Wildman–Crippen LogP) is 2.24. The van der Waals surface area contributed by atoms with Crippen LogP contribution in [0.3, 0.4) is 0 Å². The first-order chi connectivity index (χ1) is 12.0. The summed E-state index contributed by atoms with van der Waals surface area (Å²) >= 11 is 0. The summed E-state index contributed by atoms with van der Waals surface area (Å²) in [5.41, 5.74) is 8.03. The van der Waals surface area contributed by atoms with Crippen LogP contribution in [-0.4, -0.2) is 33.3 Å². The van der Waals surface area contributed by atoms with E-state index >= 15 is 0 Å². The molecule has 2 aromatic carbocycles. The van der Waals surface area contributed by atoms with Gasteiger partial charge in [0.15, 0.2) is 0 Å². The van der Waals surface area contributed by atoms with Gasteiger partial charge in [0, 0.05) is 42.8 Å². The van der Waals surface area contributed by atoms with Gasteiger partial charge in [-0.05, 0) is 35.9 Å². The van der Waals surface area contributed by atoms with Crippen molar-refractivity contribution in [1.82, 2.24) is 14.5 Å². The minimum absolute atomic E-state index is 0.105. The second-order valence-corrected chi connectivity index (χ2v) is 5.75. The zero-order valence-corrected chi connectivity index (χ0v) is 13.8. The lowest BCUT2D eigenvalue weighted by Gasteiger charge is -2.18. The predicted molar refractivity (Wildman–Crippen MR) is 94.3 cm³/mol. The highest BCUT2D eigenvalue weighted by atomic mass is 16.2. The van der Waals surface area contributed by atoms with Crippen LogP contribution in [0.25, 0.3) is 5.69 Å². The fourth-order valence-electron chi connectivity index (χ4n) is 2.60. The van der Waals surface area contributed by atoms with Gasteiger partial charge in [-0.2, -0.15) is 0 Å². The molecule has 0 aliphatic carbocycles. The minimum Gasteiger partial charge on any atom is -0.366 e. The molecule has 3 rings (SSSR count). The third-order valence-corrected chi connectivity index (χ3v) is 3.87. The van der Waals surface area contributed by atoms with Crippen molar-refractivity contribution < 1.29 is 9.59 Å². The molecule has 0 spiro atoms. The number of nitrogens with zero attached hydrogens (tertiary/aromatic N) is 3. The number of primary amides is 1. The Morgan fingerprint density at radius 3 is 2.60 bits per heavy atom. The van der Waals surface area contributed by atoms with Gasteiger partial charge in [-0.3, -0.25) is 9.59 Å². The van der Waals surface area contributed by atoms with Gasteiger partial charge in [0.05, 0.1) is 6.33 Å². The Morgan fingerprint density at radius 2 is 1.88 bits per heavy atom. The van der Waals surface area contributed by atoms with E-state index in [2.05, 4.69) is 4.98 Å². The van der Waals surface area contributed by atoms with E-state index in [9.17, 15) is 9.59 Å². The standard InChI is InChI=1S/C19H18N4O2/c1-22(12-14-4-2-5-15(10-14)18(20)24)19(25)16-6-3-7-17(11-16)23-9-8-21-13-23/h2-11,13H,12H2,1H3,(H2,20,24). The number of carbonyl (C=O) groups is 2. The monoisotopic (exact) mass is 334 g/mol. The molecule has 0 fully saturated rings. The number of rotatable bonds is 5. The molecule has 0 saturated carbocycles. The molecule has 0 aliphatic rings. The third-order valence-electron chi connectivity index (χ3n) is 3.87. The van der Waals surface area contributed by atoms with E-state index in [1.54, 1.807) is 48.7 Å². The normalized spacial score (nSPS) is 10.4. The fraction of sp³-hybridized carbons (Fsp3) is 0.105. The maximum atomic E-state index is 12.7. The summed E-state index contributed by atoms with van der Waals surface area (Å²) in [5, 5.41) is 0.